The van der Waals surface area contributed by atoms with Crippen LogP contribution in [0.25, 0.3) is 144 Å². The highest BCUT2D eigenvalue weighted by Gasteiger charge is 2.19. The molecule has 0 N–H and O–H groups in total. The zero-order valence-corrected chi connectivity index (χ0v) is 39.7. The standard InChI is InChI=1S/C70H44N2O/c1-5-16-45(17-6-1)49-24-13-26-51(36-49)55-32-35-67-62(39-55)65-43-58(52-27-14-25-50(37-52)46-18-7-2-8-19-46)42-61(70(65)73-67)56-28-15-29-57(38-56)66-44-71-68-63-40-53(47-20-9-3-10-21-47)30-33-59(63)60-34-31-54(41-64(60)69(68)72-66)48-22-11-4-12-23-48/h1-44H. The molecule has 3 nitrogen and oxygen atoms in total. The molecule has 0 amide bonds. The molecule has 0 saturated heterocycles. The maximum Gasteiger partial charge on any atom is 0.143 e. The number of fused-ring (bicyclic) bond motifs is 9. The monoisotopic (exact) mass is 928 g/mol. The van der Waals surface area contributed by atoms with Gasteiger partial charge in [-0.25, -0.2) is 4.98 Å². The number of hydrogen-bond donors (Lipinski definition) is 0. The maximum absolute atomic E-state index is 6.96. The minimum Gasteiger partial charge on any atom is -0.455 e. The summed E-state index contributed by atoms with van der Waals surface area (Å²) in [5.74, 6) is 0. The lowest BCUT2D eigenvalue weighted by Gasteiger charge is -2.14. The van der Waals surface area contributed by atoms with Crippen LogP contribution in [0.5, 0.6) is 0 Å². The van der Waals surface area contributed by atoms with Crippen LogP contribution >= 0.6 is 0 Å². The summed E-state index contributed by atoms with van der Waals surface area (Å²) in [4.78, 5) is 10.9. The normalized spacial score (nSPS) is 11.6. The lowest BCUT2D eigenvalue weighted by atomic mass is 9.92. The minimum atomic E-state index is 0.800. The lowest BCUT2D eigenvalue weighted by molar-refractivity contribution is 0.670. The van der Waals surface area contributed by atoms with Crippen molar-refractivity contribution in [2.24, 2.45) is 0 Å². The molecule has 0 radical (unpaired) electrons. The largest absolute Gasteiger partial charge is 0.455 e. The average Bonchev–Trinajstić information content (AvgIpc) is 3.86. The highest BCUT2D eigenvalue weighted by Crippen LogP contribution is 2.43. The van der Waals surface area contributed by atoms with E-state index in [0.29, 0.717) is 0 Å². The fourth-order valence-electron chi connectivity index (χ4n) is 10.8. The van der Waals surface area contributed by atoms with Gasteiger partial charge in [0.2, 0.25) is 0 Å². The second kappa shape index (κ2) is 17.6. The summed E-state index contributed by atoms with van der Waals surface area (Å²) in [7, 11) is 0. The van der Waals surface area contributed by atoms with Gasteiger partial charge in [-0.3, -0.25) is 4.98 Å². The van der Waals surface area contributed by atoms with Crippen molar-refractivity contribution in [3.8, 4) is 89.1 Å². The smallest absolute Gasteiger partial charge is 0.143 e. The summed E-state index contributed by atoms with van der Waals surface area (Å²) in [5.41, 5.74) is 21.1. The average molecular weight is 929 g/mol. The van der Waals surface area contributed by atoms with Gasteiger partial charge in [0.1, 0.15) is 11.2 Å². The lowest BCUT2D eigenvalue weighted by Crippen LogP contribution is -1.94. The number of furan rings is 1. The van der Waals surface area contributed by atoms with Crippen LogP contribution in [0.4, 0.5) is 0 Å². The molecule has 0 atom stereocenters. The van der Waals surface area contributed by atoms with Gasteiger partial charge in [0.15, 0.2) is 0 Å². The van der Waals surface area contributed by atoms with Crippen LogP contribution in [-0.2, 0) is 0 Å². The first-order valence-electron chi connectivity index (χ1n) is 24.9. The SMILES string of the molecule is c1ccc(-c2cccc(-c3ccc4oc5c(-c6cccc(-c7cnc8c9cc(-c%10ccccc%10)ccc9c9ccc(-c%10ccccc%10)cc9c8n7)c6)cc(-c6cccc(-c7ccccc7)c6)cc5c4c3)c2)cc1. The van der Waals surface area contributed by atoms with Gasteiger partial charge < -0.3 is 4.42 Å². The van der Waals surface area contributed by atoms with Crippen molar-refractivity contribution in [2.45, 2.75) is 0 Å². The Morgan fingerprint density at radius 2 is 0.644 bits per heavy atom. The summed E-state index contributed by atoms with van der Waals surface area (Å²) in [6, 6.07) is 93.3. The Morgan fingerprint density at radius 1 is 0.247 bits per heavy atom. The second-order valence-corrected chi connectivity index (χ2v) is 18.9. The molecular weight excluding hydrogens is 885 g/mol. The molecule has 14 rings (SSSR count). The Kier molecular flexibility index (Phi) is 10.2. The van der Waals surface area contributed by atoms with E-state index >= 15 is 0 Å². The molecule has 14 aromatic rings. The van der Waals surface area contributed by atoms with E-state index in [1.807, 2.05) is 6.20 Å². The van der Waals surface area contributed by atoms with Crippen molar-refractivity contribution < 1.29 is 4.42 Å². The van der Waals surface area contributed by atoms with Gasteiger partial charge in [0, 0.05) is 32.7 Å². The molecule has 0 fully saturated rings. The van der Waals surface area contributed by atoms with Crippen molar-refractivity contribution in [3.05, 3.63) is 267 Å². The molecule has 0 spiro atoms. The Balaban J connectivity index is 0.948. The zero-order valence-electron chi connectivity index (χ0n) is 39.7. The molecule has 12 aromatic carbocycles. The van der Waals surface area contributed by atoms with E-state index in [0.717, 1.165) is 116 Å². The zero-order chi connectivity index (χ0) is 48.2. The molecule has 0 aliphatic heterocycles. The Hall–Kier alpha value is -9.70. The Labute approximate surface area is 423 Å². The third-order valence-corrected chi connectivity index (χ3v) is 14.5. The van der Waals surface area contributed by atoms with E-state index < -0.39 is 0 Å². The highest BCUT2D eigenvalue weighted by molar-refractivity contribution is 6.24. The quantitative estimate of drug-likeness (QED) is 0.143. The van der Waals surface area contributed by atoms with E-state index in [-0.39, 0.29) is 0 Å². The predicted molar refractivity (Wildman–Crippen MR) is 305 cm³/mol. The van der Waals surface area contributed by atoms with Gasteiger partial charge >= 0.3 is 0 Å². The second-order valence-electron chi connectivity index (χ2n) is 18.9. The number of benzene rings is 12. The summed E-state index contributed by atoms with van der Waals surface area (Å²) in [6.45, 7) is 0. The summed E-state index contributed by atoms with van der Waals surface area (Å²) >= 11 is 0. The fourth-order valence-corrected chi connectivity index (χ4v) is 10.8. The first kappa shape index (κ1) is 42.2. The van der Waals surface area contributed by atoms with E-state index in [1.165, 1.54) is 27.8 Å². The molecule has 0 aliphatic carbocycles. The maximum atomic E-state index is 6.96. The topological polar surface area (TPSA) is 38.9 Å². The molecule has 340 valence electrons. The molecule has 0 saturated carbocycles. The number of aromatic nitrogens is 2. The van der Waals surface area contributed by atoms with Gasteiger partial charge in [-0.05, 0) is 138 Å². The first-order chi connectivity index (χ1) is 36.1. The number of nitrogens with zero attached hydrogens (tertiary/aromatic N) is 2. The van der Waals surface area contributed by atoms with E-state index in [9.17, 15) is 0 Å². The molecule has 3 heteroatoms. The van der Waals surface area contributed by atoms with Gasteiger partial charge in [-0.2, -0.15) is 0 Å². The minimum absolute atomic E-state index is 0.800. The van der Waals surface area contributed by atoms with Crippen LogP contribution in [-0.4, -0.2) is 9.97 Å². The van der Waals surface area contributed by atoms with Crippen LogP contribution in [0.3, 0.4) is 0 Å². The first-order valence-corrected chi connectivity index (χ1v) is 24.9. The van der Waals surface area contributed by atoms with E-state index in [2.05, 4.69) is 261 Å². The van der Waals surface area contributed by atoms with Crippen molar-refractivity contribution in [1.29, 1.82) is 0 Å². The summed E-state index contributed by atoms with van der Waals surface area (Å²) in [6.07, 6.45) is 1.94. The van der Waals surface area contributed by atoms with Crippen molar-refractivity contribution in [2.75, 3.05) is 0 Å². The van der Waals surface area contributed by atoms with Gasteiger partial charge in [-0.15, -0.1) is 0 Å². The Bertz CT molecular complexity index is 4410. The third kappa shape index (κ3) is 7.63. The van der Waals surface area contributed by atoms with Crippen molar-refractivity contribution in [3.63, 3.8) is 0 Å². The van der Waals surface area contributed by atoms with E-state index in [4.69, 9.17) is 14.4 Å². The molecule has 0 aliphatic rings. The fraction of sp³-hybridized carbons (Fsp3) is 0. The van der Waals surface area contributed by atoms with Crippen LogP contribution in [0, 0.1) is 0 Å². The van der Waals surface area contributed by atoms with Crippen molar-refractivity contribution >= 4 is 54.5 Å². The number of rotatable bonds is 8. The third-order valence-electron chi connectivity index (χ3n) is 14.5. The Morgan fingerprint density at radius 3 is 1.21 bits per heavy atom. The van der Waals surface area contributed by atoms with Crippen LogP contribution in [0.2, 0.25) is 0 Å². The molecule has 0 bridgehead atoms. The molecule has 0 unspecified atom stereocenters. The highest BCUT2D eigenvalue weighted by atomic mass is 16.3. The van der Waals surface area contributed by atoms with Gasteiger partial charge in [0.25, 0.3) is 0 Å². The van der Waals surface area contributed by atoms with Crippen LogP contribution in [0.1, 0.15) is 0 Å². The van der Waals surface area contributed by atoms with Gasteiger partial charge in [0.05, 0.1) is 22.9 Å². The summed E-state index contributed by atoms with van der Waals surface area (Å²) in [5, 5.41) is 6.59. The summed E-state index contributed by atoms with van der Waals surface area (Å²) < 4.78 is 6.96. The van der Waals surface area contributed by atoms with Crippen LogP contribution in [0.15, 0.2) is 271 Å². The van der Waals surface area contributed by atoms with Gasteiger partial charge in [-0.1, -0.05) is 206 Å². The number of hydrogen-bond acceptors (Lipinski definition) is 3. The van der Waals surface area contributed by atoms with E-state index in [1.54, 1.807) is 0 Å². The van der Waals surface area contributed by atoms with Crippen molar-refractivity contribution in [1.82, 2.24) is 9.97 Å². The molecular formula is C70H44N2O. The molecule has 73 heavy (non-hydrogen) atoms. The molecule has 2 heterocycles. The molecule has 2 aromatic heterocycles. The predicted octanol–water partition coefficient (Wildman–Crippen LogP) is 19.2. The van der Waals surface area contributed by atoms with Crippen LogP contribution < -0.4 is 0 Å².